The van der Waals surface area contributed by atoms with E-state index in [1.54, 1.807) is 25.9 Å². The van der Waals surface area contributed by atoms with E-state index in [9.17, 15) is 4.79 Å². The van der Waals surface area contributed by atoms with Crippen LogP contribution in [-0.4, -0.2) is 48.7 Å². The van der Waals surface area contributed by atoms with E-state index in [0.29, 0.717) is 6.42 Å². The highest BCUT2D eigenvalue weighted by molar-refractivity contribution is 5.76. The maximum Gasteiger partial charge on any atom is 0.223 e. The van der Waals surface area contributed by atoms with Crippen LogP contribution in [0.1, 0.15) is 26.7 Å². The van der Waals surface area contributed by atoms with Gasteiger partial charge in [-0.25, -0.2) is 0 Å². The van der Waals surface area contributed by atoms with Crippen molar-refractivity contribution in [2.45, 2.75) is 38.8 Å². The third-order valence-corrected chi connectivity index (χ3v) is 2.03. The van der Waals surface area contributed by atoms with Gasteiger partial charge in [0.15, 0.2) is 0 Å². The van der Waals surface area contributed by atoms with Crippen LogP contribution < -0.4 is 5.32 Å². The summed E-state index contributed by atoms with van der Waals surface area (Å²) in [6.45, 7) is 4.49. The normalized spacial score (nSPS) is 14.9. The van der Waals surface area contributed by atoms with E-state index in [1.807, 2.05) is 6.92 Å². The maximum absolute atomic E-state index is 11.3. The first-order valence-electron chi connectivity index (χ1n) is 5.05. The smallest absolute Gasteiger partial charge is 0.223 e. The molecule has 2 N–H and O–H groups in total. The zero-order valence-electron chi connectivity index (χ0n) is 9.58. The first-order chi connectivity index (χ1) is 6.43. The molecule has 0 aromatic rings. The minimum atomic E-state index is -0.278. The van der Waals surface area contributed by atoms with Crippen LogP contribution in [0.15, 0.2) is 0 Å². The Kier molecular flexibility index (Phi) is 6.49. The average molecular weight is 202 g/mol. The maximum atomic E-state index is 11.3. The molecule has 0 aromatic heterocycles. The van der Waals surface area contributed by atoms with Crippen LogP contribution in [0.4, 0.5) is 0 Å². The van der Waals surface area contributed by atoms with E-state index < -0.39 is 0 Å². The summed E-state index contributed by atoms with van der Waals surface area (Å²) in [7, 11) is 3.51. The number of carbonyl (C=O) groups excluding carboxylic acids is 1. The third kappa shape index (κ3) is 6.86. The van der Waals surface area contributed by atoms with E-state index in [2.05, 4.69) is 5.32 Å². The topological polar surface area (TPSA) is 52.6 Å². The Labute approximate surface area is 86.3 Å². The average Bonchev–Trinajstić information content (AvgIpc) is 2.02. The Morgan fingerprint density at radius 2 is 2.00 bits per heavy atom. The highest BCUT2D eigenvalue weighted by Gasteiger charge is 2.09. The molecule has 0 heterocycles. The molecule has 0 saturated heterocycles. The summed E-state index contributed by atoms with van der Waals surface area (Å²) in [5.74, 6) is 0.127. The number of amides is 1. The van der Waals surface area contributed by atoms with Gasteiger partial charge in [0.2, 0.25) is 5.91 Å². The van der Waals surface area contributed by atoms with E-state index in [4.69, 9.17) is 5.11 Å². The molecule has 0 aliphatic rings. The molecule has 0 bridgehead atoms. The fraction of sp³-hybridized carbons (Fsp3) is 0.900. The van der Waals surface area contributed by atoms with Gasteiger partial charge in [0, 0.05) is 26.6 Å². The molecule has 2 atom stereocenters. The van der Waals surface area contributed by atoms with Gasteiger partial charge >= 0.3 is 0 Å². The summed E-state index contributed by atoms with van der Waals surface area (Å²) >= 11 is 0. The SMILES string of the molecule is CC(O)CCNC(C)CC(=O)N(C)C. The van der Waals surface area contributed by atoms with Gasteiger partial charge in [-0.05, 0) is 26.8 Å². The Bertz CT molecular complexity index is 170. The number of nitrogens with zero attached hydrogens (tertiary/aromatic N) is 1. The van der Waals surface area contributed by atoms with Gasteiger partial charge in [0.25, 0.3) is 0 Å². The van der Waals surface area contributed by atoms with Crippen LogP contribution in [0.25, 0.3) is 0 Å². The van der Waals surface area contributed by atoms with Crippen LogP contribution in [0.2, 0.25) is 0 Å². The van der Waals surface area contributed by atoms with Crippen molar-refractivity contribution in [3.05, 3.63) is 0 Å². The minimum absolute atomic E-state index is 0.127. The largest absolute Gasteiger partial charge is 0.393 e. The predicted molar refractivity (Wildman–Crippen MR) is 57.1 cm³/mol. The fourth-order valence-electron chi connectivity index (χ4n) is 1.06. The molecule has 1 amide bonds. The minimum Gasteiger partial charge on any atom is -0.393 e. The van der Waals surface area contributed by atoms with Crippen molar-refractivity contribution in [3.8, 4) is 0 Å². The number of hydrogen-bond acceptors (Lipinski definition) is 3. The zero-order valence-corrected chi connectivity index (χ0v) is 9.58. The van der Waals surface area contributed by atoms with Gasteiger partial charge in [0.05, 0.1) is 6.10 Å². The van der Waals surface area contributed by atoms with Crippen molar-refractivity contribution in [2.24, 2.45) is 0 Å². The first kappa shape index (κ1) is 13.4. The van der Waals surface area contributed by atoms with Gasteiger partial charge in [-0.1, -0.05) is 0 Å². The predicted octanol–water partition coefficient (Wildman–Crippen LogP) is 0.214. The number of hydrogen-bond donors (Lipinski definition) is 2. The molecule has 4 heteroatoms. The molecule has 0 radical (unpaired) electrons. The number of nitrogens with one attached hydrogen (secondary N) is 1. The quantitative estimate of drug-likeness (QED) is 0.647. The molecule has 0 rings (SSSR count). The van der Waals surface area contributed by atoms with E-state index in [-0.39, 0.29) is 18.1 Å². The molecular weight excluding hydrogens is 180 g/mol. The Morgan fingerprint density at radius 1 is 1.43 bits per heavy atom. The van der Waals surface area contributed by atoms with Gasteiger partial charge in [-0.15, -0.1) is 0 Å². The summed E-state index contributed by atoms with van der Waals surface area (Å²) < 4.78 is 0. The van der Waals surface area contributed by atoms with Crippen LogP contribution in [0.5, 0.6) is 0 Å². The van der Waals surface area contributed by atoms with Crippen LogP contribution in [-0.2, 0) is 4.79 Å². The van der Waals surface area contributed by atoms with Gasteiger partial charge in [0.1, 0.15) is 0 Å². The fourth-order valence-corrected chi connectivity index (χ4v) is 1.06. The molecule has 84 valence electrons. The lowest BCUT2D eigenvalue weighted by Crippen LogP contribution is -2.34. The molecule has 2 unspecified atom stereocenters. The summed E-state index contributed by atoms with van der Waals surface area (Å²) in [5.41, 5.74) is 0. The molecule has 4 nitrogen and oxygen atoms in total. The molecule has 0 saturated carbocycles. The molecule has 0 aliphatic carbocycles. The number of aliphatic hydroxyl groups excluding tert-OH is 1. The second kappa shape index (κ2) is 6.79. The number of carbonyl (C=O) groups is 1. The Morgan fingerprint density at radius 3 is 2.43 bits per heavy atom. The molecule has 0 aliphatic heterocycles. The van der Waals surface area contributed by atoms with Crippen molar-refractivity contribution in [3.63, 3.8) is 0 Å². The van der Waals surface area contributed by atoms with E-state index in [1.165, 1.54) is 0 Å². The van der Waals surface area contributed by atoms with Gasteiger partial charge in [-0.3, -0.25) is 4.79 Å². The Balaban J connectivity index is 3.55. The highest BCUT2D eigenvalue weighted by Crippen LogP contribution is 1.95. The highest BCUT2D eigenvalue weighted by atomic mass is 16.3. The number of rotatable bonds is 6. The molecule has 14 heavy (non-hydrogen) atoms. The molecular formula is C10H22N2O2. The lowest BCUT2D eigenvalue weighted by Gasteiger charge is -2.16. The van der Waals surface area contributed by atoms with Crippen LogP contribution >= 0.6 is 0 Å². The summed E-state index contributed by atoms with van der Waals surface area (Å²) in [5, 5.41) is 12.2. The van der Waals surface area contributed by atoms with Crippen molar-refractivity contribution >= 4 is 5.91 Å². The van der Waals surface area contributed by atoms with E-state index in [0.717, 1.165) is 13.0 Å². The van der Waals surface area contributed by atoms with Crippen LogP contribution in [0.3, 0.4) is 0 Å². The van der Waals surface area contributed by atoms with Crippen molar-refractivity contribution in [1.29, 1.82) is 0 Å². The molecule has 0 aromatic carbocycles. The molecule has 0 fully saturated rings. The monoisotopic (exact) mass is 202 g/mol. The third-order valence-electron chi connectivity index (χ3n) is 2.03. The summed E-state index contributed by atoms with van der Waals surface area (Å²) in [6, 6.07) is 0.170. The van der Waals surface area contributed by atoms with E-state index >= 15 is 0 Å². The molecule has 0 spiro atoms. The lowest BCUT2D eigenvalue weighted by molar-refractivity contribution is -0.129. The second-order valence-corrected chi connectivity index (χ2v) is 3.99. The van der Waals surface area contributed by atoms with Crippen molar-refractivity contribution in [1.82, 2.24) is 10.2 Å². The lowest BCUT2D eigenvalue weighted by atomic mass is 10.2. The van der Waals surface area contributed by atoms with Gasteiger partial charge < -0.3 is 15.3 Å². The van der Waals surface area contributed by atoms with Crippen molar-refractivity contribution in [2.75, 3.05) is 20.6 Å². The summed E-state index contributed by atoms with van der Waals surface area (Å²) in [4.78, 5) is 12.9. The first-order valence-corrected chi connectivity index (χ1v) is 5.05. The number of aliphatic hydroxyl groups is 1. The van der Waals surface area contributed by atoms with Gasteiger partial charge in [-0.2, -0.15) is 0 Å². The second-order valence-electron chi connectivity index (χ2n) is 3.99. The summed E-state index contributed by atoms with van der Waals surface area (Å²) in [6.07, 6.45) is 0.951. The van der Waals surface area contributed by atoms with Crippen molar-refractivity contribution < 1.29 is 9.90 Å². The zero-order chi connectivity index (χ0) is 11.1. The standard InChI is InChI=1S/C10H22N2O2/c1-8(7-10(14)12(3)4)11-6-5-9(2)13/h8-9,11,13H,5-7H2,1-4H3. The Hall–Kier alpha value is -0.610. The van der Waals surface area contributed by atoms with Crippen LogP contribution in [0, 0.1) is 0 Å².